The number of sulfonamides is 1. The number of ether oxygens (including phenoxy) is 1. The molecule has 2 aromatic rings. The van der Waals surface area contributed by atoms with Gasteiger partial charge in [-0.15, -0.1) is 0 Å². The number of hydrogen-bond donors (Lipinski definition) is 1. The summed E-state index contributed by atoms with van der Waals surface area (Å²) >= 11 is 6.18. The number of halogens is 1. The summed E-state index contributed by atoms with van der Waals surface area (Å²) in [5, 5.41) is 3.26. The molecule has 1 fully saturated rings. The lowest BCUT2D eigenvalue weighted by molar-refractivity contribution is -0.126. The number of hydrogen-bond acceptors (Lipinski definition) is 4. The van der Waals surface area contributed by atoms with Crippen LogP contribution < -0.4 is 10.1 Å². The molecule has 0 unspecified atom stereocenters. The highest BCUT2D eigenvalue weighted by molar-refractivity contribution is 7.89. The van der Waals surface area contributed by atoms with Gasteiger partial charge in [0.25, 0.3) is 0 Å². The van der Waals surface area contributed by atoms with Gasteiger partial charge in [0.15, 0.2) is 0 Å². The molecule has 0 spiro atoms. The lowest BCUT2D eigenvalue weighted by Crippen LogP contribution is -2.45. The molecule has 0 bridgehead atoms. The Labute approximate surface area is 183 Å². The zero-order valence-electron chi connectivity index (χ0n) is 17.2. The van der Waals surface area contributed by atoms with Crippen LogP contribution in [0.5, 0.6) is 5.75 Å². The van der Waals surface area contributed by atoms with Gasteiger partial charge in [0.1, 0.15) is 5.75 Å². The predicted molar refractivity (Wildman–Crippen MR) is 117 cm³/mol. The van der Waals surface area contributed by atoms with Crippen LogP contribution in [0.3, 0.4) is 0 Å². The van der Waals surface area contributed by atoms with E-state index in [2.05, 4.69) is 5.32 Å². The molecule has 2 atom stereocenters. The second kappa shape index (κ2) is 9.81. The summed E-state index contributed by atoms with van der Waals surface area (Å²) in [6.45, 7) is 4.73. The molecular weight excluding hydrogens is 424 g/mol. The van der Waals surface area contributed by atoms with Gasteiger partial charge < -0.3 is 10.1 Å². The SMILES string of the molecule is CCOc1ccc(S(=O)(=O)N2CCC[C@@H](C(=O)N[C@@H](C)c3ccccc3)C2)cc1Cl. The molecule has 0 saturated carbocycles. The van der Waals surface area contributed by atoms with Crippen LogP contribution in [0.15, 0.2) is 53.4 Å². The number of piperidine rings is 1. The van der Waals surface area contributed by atoms with Crippen LogP contribution in [-0.2, 0) is 14.8 Å². The molecule has 1 aliphatic heterocycles. The van der Waals surface area contributed by atoms with Crippen LogP contribution in [0.2, 0.25) is 5.02 Å². The number of carbonyl (C=O) groups is 1. The Hall–Kier alpha value is -2.09. The third kappa shape index (κ3) is 5.14. The summed E-state index contributed by atoms with van der Waals surface area (Å²) in [5.41, 5.74) is 1.01. The van der Waals surface area contributed by atoms with Gasteiger partial charge in [0.05, 0.1) is 28.5 Å². The van der Waals surface area contributed by atoms with Crippen LogP contribution in [0.4, 0.5) is 0 Å². The van der Waals surface area contributed by atoms with E-state index in [0.29, 0.717) is 31.7 Å². The van der Waals surface area contributed by atoms with E-state index in [1.54, 1.807) is 6.07 Å². The third-order valence-corrected chi connectivity index (χ3v) is 7.41. The number of carbonyl (C=O) groups excluding carboxylic acids is 1. The van der Waals surface area contributed by atoms with Crippen molar-refractivity contribution in [3.05, 3.63) is 59.1 Å². The molecule has 2 aromatic carbocycles. The van der Waals surface area contributed by atoms with Crippen LogP contribution in [0, 0.1) is 5.92 Å². The molecule has 162 valence electrons. The maximum absolute atomic E-state index is 13.1. The lowest BCUT2D eigenvalue weighted by atomic mass is 9.98. The number of rotatable bonds is 7. The largest absolute Gasteiger partial charge is 0.492 e. The molecule has 1 heterocycles. The molecule has 0 aliphatic carbocycles. The van der Waals surface area contributed by atoms with E-state index in [0.717, 1.165) is 5.56 Å². The Morgan fingerprint density at radius 2 is 2.00 bits per heavy atom. The normalized spacial score (nSPS) is 18.6. The number of amides is 1. The van der Waals surface area contributed by atoms with Crippen molar-refractivity contribution in [2.45, 2.75) is 37.6 Å². The Morgan fingerprint density at radius 3 is 2.67 bits per heavy atom. The molecule has 0 aromatic heterocycles. The molecule has 3 rings (SSSR count). The van der Waals surface area contributed by atoms with Gasteiger partial charge in [0, 0.05) is 13.1 Å². The number of benzene rings is 2. The lowest BCUT2D eigenvalue weighted by Gasteiger charge is -2.32. The first-order valence-electron chi connectivity index (χ1n) is 10.1. The zero-order valence-corrected chi connectivity index (χ0v) is 18.7. The van der Waals surface area contributed by atoms with Gasteiger partial charge >= 0.3 is 0 Å². The van der Waals surface area contributed by atoms with Crippen molar-refractivity contribution < 1.29 is 17.9 Å². The average Bonchev–Trinajstić information content (AvgIpc) is 2.76. The summed E-state index contributed by atoms with van der Waals surface area (Å²) in [4.78, 5) is 12.9. The Kier molecular flexibility index (Phi) is 7.39. The fourth-order valence-corrected chi connectivity index (χ4v) is 5.45. The zero-order chi connectivity index (χ0) is 21.7. The Balaban J connectivity index is 1.70. The molecule has 30 heavy (non-hydrogen) atoms. The van der Waals surface area contributed by atoms with E-state index < -0.39 is 15.9 Å². The van der Waals surface area contributed by atoms with E-state index in [1.807, 2.05) is 44.2 Å². The van der Waals surface area contributed by atoms with E-state index in [-0.39, 0.29) is 28.4 Å². The van der Waals surface area contributed by atoms with Gasteiger partial charge in [-0.2, -0.15) is 4.31 Å². The van der Waals surface area contributed by atoms with Gasteiger partial charge in [-0.05, 0) is 50.5 Å². The average molecular weight is 451 g/mol. The van der Waals surface area contributed by atoms with E-state index in [1.165, 1.54) is 16.4 Å². The van der Waals surface area contributed by atoms with Crippen LogP contribution in [0.1, 0.15) is 38.3 Å². The molecule has 1 amide bonds. The molecule has 1 saturated heterocycles. The van der Waals surface area contributed by atoms with E-state index >= 15 is 0 Å². The second-order valence-corrected chi connectivity index (χ2v) is 9.71. The highest BCUT2D eigenvalue weighted by Gasteiger charge is 2.34. The Bertz CT molecular complexity index is 982. The molecule has 8 heteroatoms. The van der Waals surface area contributed by atoms with Crippen LogP contribution in [-0.4, -0.2) is 38.3 Å². The molecule has 6 nitrogen and oxygen atoms in total. The maximum Gasteiger partial charge on any atom is 0.243 e. The summed E-state index contributed by atoms with van der Waals surface area (Å²) in [6.07, 6.45) is 1.28. The summed E-state index contributed by atoms with van der Waals surface area (Å²) < 4.78 is 33.0. The number of nitrogens with zero attached hydrogens (tertiary/aromatic N) is 1. The smallest absolute Gasteiger partial charge is 0.243 e. The van der Waals surface area contributed by atoms with Crippen LogP contribution in [0.25, 0.3) is 0 Å². The third-order valence-electron chi connectivity index (χ3n) is 5.25. The first kappa shape index (κ1) is 22.6. The maximum atomic E-state index is 13.1. The van der Waals surface area contributed by atoms with Crippen molar-refractivity contribution in [1.29, 1.82) is 0 Å². The van der Waals surface area contributed by atoms with Crippen molar-refractivity contribution in [1.82, 2.24) is 9.62 Å². The van der Waals surface area contributed by atoms with Crippen molar-refractivity contribution in [3.8, 4) is 5.75 Å². The topological polar surface area (TPSA) is 75.7 Å². The van der Waals surface area contributed by atoms with Crippen molar-refractivity contribution in [3.63, 3.8) is 0 Å². The Morgan fingerprint density at radius 1 is 1.27 bits per heavy atom. The van der Waals surface area contributed by atoms with Gasteiger partial charge in [-0.1, -0.05) is 41.9 Å². The molecular formula is C22H27ClN2O4S. The van der Waals surface area contributed by atoms with Crippen molar-refractivity contribution in [2.24, 2.45) is 5.92 Å². The van der Waals surface area contributed by atoms with Crippen molar-refractivity contribution >= 4 is 27.5 Å². The van der Waals surface area contributed by atoms with E-state index in [9.17, 15) is 13.2 Å². The van der Waals surface area contributed by atoms with Gasteiger partial charge in [-0.3, -0.25) is 4.79 Å². The monoisotopic (exact) mass is 450 g/mol. The molecule has 1 aliphatic rings. The highest BCUT2D eigenvalue weighted by Crippen LogP contribution is 2.30. The predicted octanol–water partition coefficient (Wildman–Crippen LogP) is 4.02. The fourth-order valence-electron chi connectivity index (χ4n) is 3.59. The molecule has 1 N–H and O–H groups in total. The first-order chi connectivity index (χ1) is 14.3. The summed E-state index contributed by atoms with van der Waals surface area (Å²) in [6, 6.07) is 14.0. The highest BCUT2D eigenvalue weighted by atomic mass is 35.5. The molecule has 0 radical (unpaired) electrons. The summed E-state index contributed by atoms with van der Waals surface area (Å²) in [7, 11) is -3.75. The van der Waals surface area contributed by atoms with Gasteiger partial charge in [-0.25, -0.2) is 8.42 Å². The minimum Gasteiger partial charge on any atom is -0.492 e. The first-order valence-corrected chi connectivity index (χ1v) is 11.9. The fraction of sp³-hybridized carbons (Fsp3) is 0.409. The van der Waals surface area contributed by atoms with Crippen LogP contribution >= 0.6 is 11.6 Å². The number of nitrogens with one attached hydrogen (secondary N) is 1. The van der Waals surface area contributed by atoms with Crippen molar-refractivity contribution in [2.75, 3.05) is 19.7 Å². The minimum atomic E-state index is -3.75. The van der Waals surface area contributed by atoms with E-state index in [4.69, 9.17) is 16.3 Å². The van der Waals surface area contributed by atoms with Gasteiger partial charge in [0.2, 0.25) is 15.9 Å². The minimum absolute atomic E-state index is 0.106. The standard InChI is InChI=1S/C22H27ClN2O4S/c1-3-29-21-12-11-19(14-20(21)23)30(27,28)25-13-7-10-18(15-25)22(26)24-16(2)17-8-5-4-6-9-17/h4-6,8-9,11-12,14,16,18H,3,7,10,13,15H2,1-2H3,(H,24,26)/t16-,18+/m0/s1. The summed E-state index contributed by atoms with van der Waals surface area (Å²) in [5.74, 6) is -0.0715. The second-order valence-electron chi connectivity index (χ2n) is 7.37. The quantitative estimate of drug-likeness (QED) is 0.691.